The van der Waals surface area contributed by atoms with Crippen molar-refractivity contribution in [1.29, 1.82) is 0 Å². The number of rotatable bonds is 9. The highest BCUT2D eigenvalue weighted by molar-refractivity contribution is 7.52. The second kappa shape index (κ2) is 10.2. The SMILES string of the molecule is CC(Cc1ccccc1)(NP(=O)(Oc1ccc(Cl)cc1)Oc1c(F)c(F)c(F)c(F)c1F)C(=O)O. The number of carbonyl (C=O) groups is 1. The van der Waals surface area contributed by atoms with Gasteiger partial charge in [0.1, 0.15) is 11.3 Å². The number of carboxylic acid groups (broad SMARTS) is 1. The van der Waals surface area contributed by atoms with Crippen molar-refractivity contribution < 1.29 is 45.5 Å². The van der Waals surface area contributed by atoms with Crippen LogP contribution in [0.15, 0.2) is 54.6 Å². The standard InChI is InChI=1S/C22H16ClF5NO5P/c1-22(21(30)31,11-12-5-3-2-4-6-12)29-35(32,33-14-9-7-13(23)8-10-14)34-20-18(27)16(25)15(24)17(26)19(20)28/h2-10H,11H2,1H3,(H,29,32)(H,30,31). The van der Waals surface area contributed by atoms with Gasteiger partial charge >= 0.3 is 13.7 Å². The first-order chi connectivity index (χ1) is 16.3. The molecule has 2 atom stereocenters. The van der Waals surface area contributed by atoms with Gasteiger partial charge in [-0.15, -0.1) is 0 Å². The van der Waals surface area contributed by atoms with Gasteiger partial charge in [-0.25, -0.2) is 17.7 Å². The van der Waals surface area contributed by atoms with Gasteiger partial charge in [0.25, 0.3) is 0 Å². The summed E-state index contributed by atoms with van der Waals surface area (Å²) in [7, 11) is -5.21. The Labute approximate surface area is 200 Å². The predicted octanol–water partition coefficient (Wildman–Crippen LogP) is 6.28. The van der Waals surface area contributed by atoms with Crippen LogP contribution in [0.3, 0.4) is 0 Å². The van der Waals surface area contributed by atoms with Crippen molar-refractivity contribution in [1.82, 2.24) is 5.09 Å². The van der Waals surface area contributed by atoms with Gasteiger partial charge in [-0.1, -0.05) is 41.9 Å². The number of benzene rings is 3. The molecule has 0 aliphatic carbocycles. The lowest BCUT2D eigenvalue weighted by molar-refractivity contribution is -0.143. The molecule has 13 heteroatoms. The van der Waals surface area contributed by atoms with Crippen LogP contribution >= 0.6 is 19.3 Å². The number of hydrogen-bond donors (Lipinski definition) is 2. The molecular weight excluding hydrogens is 520 g/mol. The van der Waals surface area contributed by atoms with Gasteiger partial charge in [0.05, 0.1) is 0 Å². The van der Waals surface area contributed by atoms with E-state index >= 15 is 0 Å². The van der Waals surface area contributed by atoms with Crippen molar-refractivity contribution in [2.45, 2.75) is 18.9 Å². The maximum absolute atomic E-state index is 14.3. The van der Waals surface area contributed by atoms with Crippen LogP contribution in [0.2, 0.25) is 5.02 Å². The average molecular weight is 536 g/mol. The molecule has 3 rings (SSSR count). The van der Waals surface area contributed by atoms with Crippen LogP contribution in [0, 0.1) is 29.1 Å². The van der Waals surface area contributed by atoms with E-state index in [1.54, 1.807) is 30.3 Å². The minimum absolute atomic E-state index is 0.222. The summed E-state index contributed by atoms with van der Waals surface area (Å²) in [6.45, 7) is 1.07. The molecule has 0 bridgehead atoms. The Bertz CT molecular complexity index is 1270. The first kappa shape index (κ1) is 26.5. The molecule has 0 aromatic heterocycles. The quantitative estimate of drug-likeness (QED) is 0.145. The van der Waals surface area contributed by atoms with E-state index in [1.165, 1.54) is 12.1 Å². The minimum atomic E-state index is -5.21. The molecule has 0 radical (unpaired) electrons. The van der Waals surface area contributed by atoms with E-state index in [0.717, 1.165) is 19.1 Å². The van der Waals surface area contributed by atoms with Gasteiger partial charge in [0, 0.05) is 11.4 Å². The number of aliphatic carboxylic acids is 1. The average Bonchev–Trinajstić information content (AvgIpc) is 2.81. The van der Waals surface area contributed by atoms with Gasteiger partial charge in [-0.3, -0.25) is 4.79 Å². The summed E-state index contributed by atoms with van der Waals surface area (Å²) in [4.78, 5) is 12.1. The summed E-state index contributed by atoms with van der Waals surface area (Å²) in [6.07, 6.45) is -0.336. The molecule has 0 heterocycles. The van der Waals surface area contributed by atoms with E-state index in [2.05, 4.69) is 5.09 Å². The summed E-state index contributed by atoms with van der Waals surface area (Å²) in [6, 6.07) is 12.9. The lowest BCUT2D eigenvalue weighted by Gasteiger charge is -2.31. The molecule has 0 spiro atoms. The first-order valence-electron chi connectivity index (χ1n) is 9.68. The molecule has 35 heavy (non-hydrogen) atoms. The highest BCUT2D eigenvalue weighted by atomic mass is 35.5. The molecular formula is C22H16ClF5NO5P. The van der Waals surface area contributed by atoms with Crippen LogP contribution in [0.1, 0.15) is 12.5 Å². The molecule has 3 aromatic carbocycles. The smallest absolute Gasteiger partial charge is 0.480 e. The molecule has 2 N–H and O–H groups in total. The molecule has 0 aliphatic rings. The van der Waals surface area contributed by atoms with Crippen molar-refractivity contribution in [3.63, 3.8) is 0 Å². The summed E-state index contributed by atoms with van der Waals surface area (Å²) in [5.74, 6) is -15.8. The number of carboxylic acids is 1. The monoisotopic (exact) mass is 535 g/mol. The van der Waals surface area contributed by atoms with Crippen molar-refractivity contribution in [2.75, 3.05) is 0 Å². The highest BCUT2D eigenvalue weighted by Crippen LogP contribution is 2.49. The third-order valence-electron chi connectivity index (χ3n) is 4.68. The fraction of sp³-hybridized carbons (Fsp3) is 0.136. The Balaban J connectivity index is 2.09. The van der Waals surface area contributed by atoms with Crippen LogP contribution in [-0.2, 0) is 15.8 Å². The molecule has 186 valence electrons. The van der Waals surface area contributed by atoms with E-state index in [1.807, 2.05) is 0 Å². The third-order valence-corrected chi connectivity index (χ3v) is 6.57. The lowest BCUT2D eigenvalue weighted by Crippen LogP contribution is -2.50. The van der Waals surface area contributed by atoms with Gasteiger partial charge in [0.2, 0.25) is 34.8 Å². The molecule has 3 aromatic rings. The zero-order valence-corrected chi connectivity index (χ0v) is 19.3. The van der Waals surface area contributed by atoms with Gasteiger partial charge in [0.15, 0.2) is 0 Å². The first-order valence-corrected chi connectivity index (χ1v) is 11.6. The van der Waals surface area contributed by atoms with Crippen LogP contribution in [0.4, 0.5) is 22.0 Å². The zero-order chi connectivity index (χ0) is 26.0. The molecule has 0 aliphatic heterocycles. The second-order valence-electron chi connectivity index (χ2n) is 7.44. The van der Waals surface area contributed by atoms with E-state index in [4.69, 9.17) is 20.6 Å². The van der Waals surface area contributed by atoms with Gasteiger partial charge in [-0.05, 0) is 36.8 Å². The Hall–Kier alpha value is -3.14. The van der Waals surface area contributed by atoms with Crippen LogP contribution in [0.5, 0.6) is 11.5 Å². The van der Waals surface area contributed by atoms with Crippen LogP contribution < -0.4 is 14.1 Å². The summed E-state index contributed by atoms with van der Waals surface area (Å²) < 4.78 is 93.0. The number of nitrogens with one attached hydrogen (secondary N) is 1. The van der Waals surface area contributed by atoms with E-state index in [0.29, 0.717) is 5.56 Å². The molecule has 0 saturated carbocycles. The number of halogens is 6. The molecule has 2 unspecified atom stereocenters. The van der Waals surface area contributed by atoms with E-state index < -0.39 is 54.1 Å². The Kier molecular flexibility index (Phi) is 7.74. The predicted molar refractivity (Wildman–Crippen MR) is 116 cm³/mol. The van der Waals surface area contributed by atoms with Crippen LogP contribution in [0.25, 0.3) is 0 Å². The Morgan fingerprint density at radius 1 is 0.914 bits per heavy atom. The molecule has 6 nitrogen and oxygen atoms in total. The summed E-state index contributed by atoms with van der Waals surface area (Å²) in [5.41, 5.74) is -1.72. The fourth-order valence-electron chi connectivity index (χ4n) is 2.95. The van der Waals surface area contributed by atoms with E-state index in [9.17, 15) is 36.4 Å². The largest absolute Gasteiger partial charge is 0.514 e. The highest BCUT2D eigenvalue weighted by Gasteiger charge is 2.45. The fourth-order valence-corrected chi connectivity index (χ4v) is 4.79. The number of hydrogen-bond acceptors (Lipinski definition) is 4. The minimum Gasteiger partial charge on any atom is -0.480 e. The maximum Gasteiger partial charge on any atom is 0.514 e. The van der Waals surface area contributed by atoms with Crippen molar-refractivity contribution in [3.8, 4) is 11.5 Å². The van der Waals surface area contributed by atoms with Crippen molar-refractivity contribution >= 4 is 25.3 Å². The molecule has 0 amide bonds. The van der Waals surface area contributed by atoms with Crippen molar-refractivity contribution in [3.05, 3.63) is 94.3 Å². The topological polar surface area (TPSA) is 84.9 Å². The van der Waals surface area contributed by atoms with Gasteiger partial charge < -0.3 is 14.2 Å². The summed E-state index contributed by atoms with van der Waals surface area (Å²) >= 11 is 5.77. The Morgan fingerprint density at radius 3 is 1.94 bits per heavy atom. The molecule has 0 saturated heterocycles. The normalized spacial score (nSPS) is 14.6. The third kappa shape index (κ3) is 5.93. The maximum atomic E-state index is 14.3. The summed E-state index contributed by atoms with van der Waals surface area (Å²) in [5, 5.41) is 12.1. The lowest BCUT2D eigenvalue weighted by atomic mass is 9.94. The second-order valence-corrected chi connectivity index (χ2v) is 9.46. The van der Waals surface area contributed by atoms with Crippen LogP contribution in [-0.4, -0.2) is 16.6 Å². The van der Waals surface area contributed by atoms with Crippen molar-refractivity contribution in [2.24, 2.45) is 0 Å². The van der Waals surface area contributed by atoms with Gasteiger partial charge in [-0.2, -0.15) is 13.9 Å². The Morgan fingerprint density at radius 2 is 1.43 bits per heavy atom. The zero-order valence-electron chi connectivity index (χ0n) is 17.7. The van der Waals surface area contributed by atoms with E-state index in [-0.39, 0.29) is 17.2 Å². The molecule has 0 fully saturated rings.